The summed E-state index contributed by atoms with van der Waals surface area (Å²) in [5.74, 6) is 0.218. The van der Waals surface area contributed by atoms with E-state index in [1.807, 2.05) is 0 Å². The zero-order chi connectivity index (χ0) is 13.8. The highest BCUT2D eigenvalue weighted by molar-refractivity contribution is 6.76. The van der Waals surface area contributed by atoms with Crippen LogP contribution in [0, 0.1) is 0 Å². The van der Waals surface area contributed by atoms with E-state index in [2.05, 4.69) is 24.6 Å². The first-order valence-electron chi connectivity index (χ1n) is 6.09. The van der Waals surface area contributed by atoms with Crippen molar-refractivity contribution < 1.29 is 14.6 Å². The van der Waals surface area contributed by atoms with Crippen molar-refractivity contribution in [3.05, 3.63) is 17.7 Å². The molecule has 0 bridgehead atoms. The second-order valence-electron chi connectivity index (χ2n) is 5.56. The largest absolute Gasteiger partial charge is 0.390 e. The van der Waals surface area contributed by atoms with Gasteiger partial charge in [0.05, 0.1) is 18.5 Å². The summed E-state index contributed by atoms with van der Waals surface area (Å²) in [6.07, 6.45) is 1.51. The average Bonchev–Trinajstić information content (AvgIpc) is 2.66. The molecule has 0 saturated heterocycles. The molecule has 0 fully saturated rings. The minimum absolute atomic E-state index is 0.122. The summed E-state index contributed by atoms with van der Waals surface area (Å²) >= 11 is 0. The van der Waals surface area contributed by atoms with E-state index in [-0.39, 0.29) is 19.1 Å². The van der Waals surface area contributed by atoms with E-state index < -0.39 is 8.07 Å². The number of nitrogens with zero attached hydrogens (tertiary/aromatic N) is 2. The van der Waals surface area contributed by atoms with E-state index >= 15 is 0 Å². The van der Waals surface area contributed by atoms with Gasteiger partial charge < -0.3 is 9.84 Å². The van der Waals surface area contributed by atoms with E-state index in [1.54, 1.807) is 4.57 Å². The quantitative estimate of drug-likeness (QED) is 0.467. The third kappa shape index (κ3) is 4.36. The second-order valence-corrected chi connectivity index (χ2v) is 11.2. The zero-order valence-corrected chi connectivity index (χ0v) is 12.6. The third-order valence-corrected chi connectivity index (χ3v) is 4.34. The summed E-state index contributed by atoms with van der Waals surface area (Å²) in [6.45, 7) is 9.13. The Kier molecular flexibility index (Phi) is 5.24. The van der Waals surface area contributed by atoms with Gasteiger partial charge in [-0.3, -0.25) is 9.36 Å². The van der Waals surface area contributed by atoms with Crippen molar-refractivity contribution in [1.82, 2.24) is 9.55 Å². The molecule has 5 nitrogen and oxygen atoms in total. The highest BCUT2D eigenvalue weighted by Gasteiger charge is 2.15. The van der Waals surface area contributed by atoms with Crippen LogP contribution in [0.5, 0.6) is 0 Å². The number of Topliss-reactive ketones (excluding diaryl/α,β-unsaturated/α-hetero) is 1. The number of aliphatic hydroxyl groups excluding tert-OH is 1. The first kappa shape index (κ1) is 15.1. The number of aromatic nitrogens is 2. The Morgan fingerprint density at radius 3 is 2.67 bits per heavy atom. The Morgan fingerprint density at radius 1 is 1.50 bits per heavy atom. The van der Waals surface area contributed by atoms with E-state index in [1.165, 1.54) is 13.1 Å². The lowest BCUT2D eigenvalue weighted by Crippen LogP contribution is -2.22. The van der Waals surface area contributed by atoms with Crippen molar-refractivity contribution >= 4 is 13.9 Å². The number of rotatable bonds is 7. The van der Waals surface area contributed by atoms with Crippen molar-refractivity contribution in [3.63, 3.8) is 0 Å². The van der Waals surface area contributed by atoms with E-state index in [9.17, 15) is 9.90 Å². The Hall–Kier alpha value is -0.983. The summed E-state index contributed by atoms with van der Waals surface area (Å²) in [7, 11) is -1.10. The van der Waals surface area contributed by atoms with Gasteiger partial charge in [0, 0.05) is 21.6 Å². The molecule has 0 aliphatic carbocycles. The van der Waals surface area contributed by atoms with Gasteiger partial charge in [-0.1, -0.05) is 19.6 Å². The number of hydrogen-bond donors (Lipinski definition) is 1. The number of carbonyl (C=O) groups excluding carboxylic acids is 1. The maximum absolute atomic E-state index is 11.4. The summed E-state index contributed by atoms with van der Waals surface area (Å²) in [5.41, 5.74) is 0.605. The van der Waals surface area contributed by atoms with E-state index in [4.69, 9.17) is 4.74 Å². The molecule has 0 radical (unpaired) electrons. The molecule has 0 amide bonds. The molecule has 1 N–H and O–H groups in total. The standard InChI is InChI=1S/C12H22N2O3Si/c1-10(16)12-13-7-11(8-15)14(12)9-17-5-6-18(2,3)4/h7,15H,5-6,8-9H2,1-4H3. The zero-order valence-electron chi connectivity index (χ0n) is 11.6. The molecule has 1 aromatic heterocycles. The van der Waals surface area contributed by atoms with Crippen LogP contribution in [0.2, 0.25) is 25.7 Å². The molecular formula is C12H22N2O3Si. The molecule has 18 heavy (non-hydrogen) atoms. The molecule has 0 atom stereocenters. The summed E-state index contributed by atoms with van der Waals surface area (Å²) in [4.78, 5) is 15.4. The molecule has 1 aromatic rings. The van der Waals surface area contributed by atoms with Crippen molar-refractivity contribution in [2.45, 2.75) is 45.9 Å². The second kappa shape index (κ2) is 6.26. The fraction of sp³-hybridized carbons (Fsp3) is 0.667. The number of hydrogen-bond acceptors (Lipinski definition) is 4. The SMILES string of the molecule is CC(=O)c1ncc(CO)n1COCC[Si](C)(C)C. The van der Waals surface area contributed by atoms with Crippen LogP contribution in [0.1, 0.15) is 23.2 Å². The van der Waals surface area contributed by atoms with Crippen molar-refractivity contribution in [2.24, 2.45) is 0 Å². The van der Waals surface area contributed by atoms with Crippen molar-refractivity contribution in [1.29, 1.82) is 0 Å². The first-order valence-corrected chi connectivity index (χ1v) is 9.80. The average molecular weight is 270 g/mol. The van der Waals surface area contributed by atoms with Gasteiger partial charge in [0.15, 0.2) is 11.6 Å². The summed E-state index contributed by atoms with van der Waals surface area (Å²) in [5, 5.41) is 9.18. The predicted octanol–water partition coefficient (Wildman–Crippen LogP) is 1.89. The van der Waals surface area contributed by atoms with E-state index in [0.29, 0.717) is 18.1 Å². The van der Waals surface area contributed by atoms with E-state index in [0.717, 1.165) is 6.04 Å². The highest BCUT2D eigenvalue weighted by atomic mass is 28.3. The van der Waals surface area contributed by atoms with Crippen LogP contribution < -0.4 is 0 Å². The molecule has 0 unspecified atom stereocenters. The van der Waals surface area contributed by atoms with Gasteiger partial charge >= 0.3 is 0 Å². The summed E-state index contributed by atoms with van der Waals surface area (Å²) < 4.78 is 7.21. The predicted molar refractivity (Wildman–Crippen MR) is 72.3 cm³/mol. The number of ketones is 1. The Balaban J connectivity index is 2.60. The maximum atomic E-state index is 11.4. The fourth-order valence-electron chi connectivity index (χ4n) is 1.50. The van der Waals surface area contributed by atoms with Crippen LogP contribution in [-0.4, -0.2) is 35.1 Å². The first-order chi connectivity index (χ1) is 8.35. The van der Waals surface area contributed by atoms with Gasteiger partial charge in [-0.15, -0.1) is 0 Å². The lowest BCUT2D eigenvalue weighted by atomic mass is 10.4. The molecule has 0 aliphatic heterocycles. The topological polar surface area (TPSA) is 64.3 Å². The Morgan fingerprint density at radius 2 is 2.17 bits per heavy atom. The highest BCUT2D eigenvalue weighted by Crippen LogP contribution is 2.10. The fourth-order valence-corrected chi connectivity index (χ4v) is 2.25. The van der Waals surface area contributed by atoms with Crippen LogP contribution >= 0.6 is 0 Å². The van der Waals surface area contributed by atoms with Crippen LogP contribution in [0.25, 0.3) is 0 Å². The maximum Gasteiger partial charge on any atom is 0.195 e. The molecule has 1 heterocycles. The van der Waals surface area contributed by atoms with Gasteiger partial charge in [0.1, 0.15) is 6.73 Å². The van der Waals surface area contributed by atoms with Crippen LogP contribution in [-0.2, 0) is 18.1 Å². The lowest BCUT2D eigenvalue weighted by Gasteiger charge is -2.16. The van der Waals surface area contributed by atoms with Crippen LogP contribution in [0.15, 0.2) is 6.20 Å². The molecule has 1 rings (SSSR count). The Labute approximate surface area is 109 Å². The molecule has 0 saturated carbocycles. The molecule has 0 spiro atoms. The van der Waals surface area contributed by atoms with Crippen molar-refractivity contribution in [2.75, 3.05) is 6.61 Å². The van der Waals surface area contributed by atoms with Gasteiger partial charge in [-0.25, -0.2) is 4.98 Å². The molecule has 0 aromatic carbocycles. The number of imidazole rings is 1. The smallest absolute Gasteiger partial charge is 0.195 e. The Bertz CT molecular complexity index is 410. The van der Waals surface area contributed by atoms with Gasteiger partial charge in [-0.05, 0) is 6.04 Å². The third-order valence-electron chi connectivity index (χ3n) is 2.63. The normalized spacial score (nSPS) is 11.8. The van der Waals surface area contributed by atoms with Gasteiger partial charge in [0.25, 0.3) is 0 Å². The summed E-state index contributed by atoms with van der Waals surface area (Å²) in [6, 6.07) is 1.07. The monoisotopic (exact) mass is 270 g/mol. The minimum Gasteiger partial charge on any atom is -0.390 e. The van der Waals surface area contributed by atoms with Crippen LogP contribution in [0.4, 0.5) is 0 Å². The number of ether oxygens (including phenoxy) is 1. The van der Waals surface area contributed by atoms with Crippen molar-refractivity contribution in [3.8, 4) is 0 Å². The molecule has 0 aliphatic rings. The molecule has 6 heteroatoms. The minimum atomic E-state index is -1.10. The number of aliphatic hydroxyl groups is 1. The number of carbonyl (C=O) groups is 1. The molecular weight excluding hydrogens is 248 g/mol. The van der Waals surface area contributed by atoms with Gasteiger partial charge in [-0.2, -0.15) is 0 Å². The lowest BCUT2D eigenvalue weighted by molar-refractivity contribution is 0.0765. The van der Waals surface area contributed by atoms with Crippen LogP contribution in [0.3, 0.4) is 0 Å². The van der Waals surface area contributed by atoms with Gasteiger partial charge in [0.2, 0.25) is 0 Å². The molecule has 102 valence electrons.